The van der Waals surface area contributed by atoms with Crippen molar-refractivity contribution in [3.05, 3.63) is 0 Å². The summed E-state index contributed by atoms with van der Waals surface area (Å²) in [7, 11) is 0. The Bertz CT molecular complexity index is 378. The summed E-state index contributed by atoms with van der Waals surface area (Å²) >= 11 is 0. The lowest BCUT2D eigenvalue weighted by molar-refractivity contribution is -0.153. The highest BCUT2D eigenvalue weighted by Gasteiger charge is 2.09. The Morgan fingerprint density at radius 3 is 0.846 bits per heavy atom. The zero-order valence-corrected chi connectivity index (χ0v) is 15.2. The molecule has 0 unspecified atom stereocenters. The number of ether oxygens (including phenoxy) is 4. The van der Waals surface area contributed by atoms with E-state index in [2.05, 4.69) is 0 Å². The van der Waals surface area contributed by atoms with Gasteiger partial charge in [-0.1, -0.05) is 12.8 Å². The van der Waals surface area contributed by atoms with Crippen molar-refractivity contribution in [1.82, 2.24) is 0 Å². The first kappa shape index (κ1) is 21.9. The van der Waals surface area contributed by atoms with Crippen LogP contribution in [0.2, 0.25) is 0 Å². The second-order valence-electron chi connectivity index (χ2n) is 6.00. The molecule has 0 spiro atoms. The van der Waals surface area contributed by atoms with Crippen LogP contribution in [0.15, 0.2) is 0 Å². The predicted molar refractivity (Wildman–Crippen MR) is 90.0 cm³/mol. The first-order chi connectivity index (χ1) is 12.6. The largest absolute Gasteiger partial charge is 0.462 e. The van der Waals surface area contributed by atoms with Gasteiger partial charge < -0.3 is 18.9 Å². The summed E-state index contributed by atoms with van der Waals surface area (Å²) in [6, 6.07) is 0. The van der Waals surface area contributed by atoms with E-state index in [1.807, 2.05) is 0 Å². The van der Waals surface area contributed by atoms with Crippen LogP contribution in [0, 0.1) is 0 Å². The number of hydrogen-bond acceptors (Lipinski definition) is 8. The van der Waals surface area contributed by atoms with Crippen molar-refractivity contribution in [2.45, 2.75) is 64.2 Å². The van der Waals surface area contributed by atoms with Crippen molar-refractivity contribution in [2.24, 2.45) is 0 Å². The van der Waals surface area contributed by atoms with Gasteiger partial charge in [0.1, 0.15) is 26.4 Å². The lowest BCUT2D eigenvalue weighted by Gasteiger charge is -2.08. The molecule has 1 aliphatic rings. The Morgan fingerprint density at radius 2 is 0.615 bits per heavy atom. The van der Waals surface area contributed by atoms with Gasteiger partial charge in [-0.2, -0.15) is 0 Å². The molecular weight excluding hydrogens is 344 g/mol. The lowest BCUT2D eigenvalue weighted by atomic mass is 10.1. The number of rotatable bonds is 0. The van der Waals surface area contributed by atoms with E-state index in [1.54, 1.807) is 0 Å². The normalized spacial score (nSPS) is 21.2. The minimum atomic E-state index is -0.340. The molecule has 0 aliphatic carbocycles. The minimum Gasteiger partial charge on any atom is -0.462 e. The highest BCUT2D eigenvalue weighted by Crippen LogP contribution is 2.07. The van der Waals surface area contributed by atoms with Gasteiger partial charge in [0.2, 0.25) is 0 Å². The Kier molecular flexibility index (Phi) is 11.9. The number of cyclic esters (lactones) is 4. The summed E-state index contributed by atoms with van der Waals surface area (Å²) < 4.78 is 19.9. The molecule has 0 aromatic heterocycles. The van der Waals surface area contributed by atoms with Gasteiger partial charge in [0, 0.05) is 25.7 Å². The van der Waals surface area contributed by atoms with E-state index in [0.717, 1.165) is 0 Å². The third kappa shape index (κ3) is 12.3. The van der Waals surface area contributed by atoms with Crippen molar-refractivity contribution in [3.63, 3.8) is 0 Å². The van der Waals surface area contributed by atoms with Crippen molar-refractivity contribution in [3.8, 4) is 0 Å². The maximum absolute atomic E-state index is 11.5. The van der Waals surface area contributed by atoms with E-state index in [0.29, 0.717) is 38.5 Å². The average Bonchev–Trinajstić information content (AvgIpc) is 2.61. The monoisotopic (exact) mass is 372 g/mol. The zero-order chi connectivity index (χ0) is 19.0. The summed E-state index contributed by atoms with van der Waals surface area (Å²) in [5.41, 5.74) is 0. The summed E-state index contributed by atoms with van der Waals surface area (Å²) in [5, 5.41) is 0. The van der Waals surface area contributed by atoms with Gasteiger partial charge in [-0.05, 0) is 25.7 Å². The van der Waals surface area contributed by atoms with Crippen LogP contribution >= 0.6 is 0 Å². The van der Waals surface area contributed by atoms with Crippen LogP contribution in [-0.4, -0.2) is 50.3 Å². The van der Waals surface area contributed by atoms with E-state index < -0.39 is 0 Å². The van der Waals surface area contributed by atoms with Gasteiger partial charge in [-0.3, -0.25) is 19.2 Å². The molecule has 1 heterocycles. The van der Waals surface area contributed by atoms with Gasteiger partial charge in [0.15, 0.2) is 0 Å². The predicted octanol–water partition coefficient (Wildman–Crippen LogP) is 2.07. The van der Waals surface area contributed by atoms with E-state index in [9.17, 15) is 19.2 Å². The molecule has 0 bridgehead atoms. The van der Waals surface area contributed by atoms with Gasteiger partial charge >= 0.3 is 23.9 Å². The molecule has 1 saturated heterocycles. The molecule has 148 valence electrons. The molecule has 8 nitrogen and oxygen atoms in total. The molecule has 26 heavy (non-hydrogen) atoms. The molecule has 0 aromatic rings. The minimum absolute atomic E-state index is 0.0444. The molecule has 0 radical (unpaired) electrons. The SMILES string of the molecule is O=C1CCCCCC(=O)OCCOC(=O)CCCCCC(=O)OCCO1. The van der Waals surface area contributed by atoms with Crippen LogP contribution in [0.3, 0.4) is 0 Å². The number of esters is 4. The Balaban J connectivity index is 2.32. The lowest BCUT2D eigenvalue weighted by Crippen LogP contribution is -2.14. The number of carbonyl (C=O) groups excluding carboxylic acids is 4. The highest BCUT2D eigenvalue weighted by atomic mass is 16.6. The standard InChI is InChI=1S/C18H28O8/c19-15-7-3-1-4-8-16(20)24-12-14-26-18(22)10-6-2-5-9-17(21)25-13-11-23-15/h1-14H2. The first-order valence-corrected chi connectivity index (χ1v) is 9.20. The third-order valence-electron chi connectivity index (χ3n) is 3.74. The van der Waals surface area contributed by atoms with Gasteiger partial charge in [0.25, 0.3) is 0 Å². The molecule has 1 aliphatic heterocycles. The van der Waals surface area contributed by atoms with Crippen molar-refractivity contribution in [2.75, 3.05) is 26.4 Å². The summed E-state index contributed by atoms with van der Waals surface area (Å²) in [6.45, 7) is 0.178. The summed E-state index contributed by atoms with van der Waals surface area (Å²) in [5.74, 6) is -1.36. The fourth-order valence-corrected chi connectivity index (χ4v) is 2.34. The molecule has 1 fully saturated rings. The molecule has 1 rings (SSSR count). The molecule has 0 atom stereocenters. The molecule has 0 amide bonds. The number of hydrogen-bond donors (Lipinski definition) is 0. The van der Waals surface area contributed by atoms with E-state index >= 15 is 0 Å². The Labute approximate surface area is 153 Å². The van der Waals surface area contributed by atoms with Crippen LogP contribution in [-0.2, 0) is 38.1 Å². The Morgan fingerprint density at radius 1 is 0.385 bits per heavy atom. The van der Waals surface area contributed by atoms with E-state index in [-0.39, 0.29) is 76.0 Å². The highest BCUT2D eigenvalue weighted by molar-refractivity contribution is 5.71. The van der Waals surface area contributed by atoms with Crippen LogP contribution < -0.4 is 0 Å². The average molecular weight is 372 g/mol. The third-order valence-corrected chi connectivity index (χ3v) is 3.74. The first-order valence-electron chi connectivity index (χ1n) is 9.20. The fourth-order valence-electron chi connectivity index (χ4n) is 2.34. The molecular formula is C18H28O8. The second kappa shape index (κ2) is 14.1. The van der Waals surface area contributed by atoms with Crippen molar-refractivity contribution >= 4 is 23.9 Å². The van der Waals surface area contributed by atoms with E-state index in [1.165, 1.54) is 0 Å². The quantitative estimate of drug-likeness (QED) is 0.470. The molecule has 0 saturated carbocycles. The van der Waals surface area contributed by atoms with Crippen LogP contribution in [0.5, 0.6) is 0 Å². The van der Waals surface area contributed by atoms with Gasteiger partial charge in [-0.15, -0.1) is 0 Å². The van der Waals surface area contributed by atoms with Gasteiger partial charge in [0.05, 0.1) is 0 Å². The van der Waals surface area contributed by atoms with Crippen LogP contribution in [0.4, 0.5) is 0 Å². The molecule has 0 N–H and O–H groups in total. The molecule has 8 heteroatoms. The van der Waals surface area contributed by atoms with Crippen molar-refractivity contribution < 1.29 is 38.1 Å². The maximum atomic E-state index is 11.5. The summed E-state index contributed by atoms with van der Waals surface area (Å²) in [6.07, 6.45) is 4.91. The second-order valence-corrected chi connectivity index (χ2v) is 6.00. The van der Waals surface area contributed by atoms with Crippen LogP contribution in [0.25, 0.3) is 0 Å². The molecule has 0 aromatic carbocycles. The fraction of sp³-hybridized carbons (Fsp3) is 0.778. The van der Waals surface area contributed by atoms with Crippen molar-refractivity contribution in [1.29, 1.82) is 0 Å². The summed E-state index contributed by atoms with van der Waals surface area (Å²) in [4.78, 5) is 46.0. The van der Waals surface area contributed by atoms with Crippen LogP contribution in [0.1, 0.15) is 64.2 Å². The smallest absolute Gasteiger partial charge is 0.305 e. The maximum Gasteiger partial charge on any atom is 0.305 e. The number of carbonyl (C=O) groups is 4. The topological polar surface area (TPSA) is 105 Å². The van der Waals surface area contributed by atoms with E-state index in [4.69, 9.17) is 18.9 Å². The van der Waals surface area contributed by atoms with Gasteiger partial charge in [-0.25, -0.2) is 0 Å². The Hall–Kier alpha value is -2.12. The zero-order valence-electron chi connectivity index (χ0n) is 15.2.